The van der Waals surface area contributed by atoms with E-state index in [0.29, 0.717) is 5.56 Å². The zero-order valence-electron chi connectivity index (χ0n) is 10.7. The molecule has 0 heterocycles. The Morgan fingerprint density at radius 1 is 1.05 bits per heavy atom. The molecule has 8 heteroatoms. The van der Waals surface area contributed by atoms with Gasteiger partial charge < -0.3 is 5.11 Å². The quantitative estimate of drug-likeness (QED) is 0.687. The molecule has 116 valence electrons. The molecule has 0 aliphatic heterocycles. The van der Waals surface area contributed by atoms with Crippen LogP contribution in [0.25, 0.3) is 0 Å². The van der Waals surface area contributed by atoms with Crippen molar-refractivity contribution >= 4 is 73.9 Å². The Hall–Kier alpha value is -0.360. The number of hydrogen-bond donors (Lipinski definition) is 1. The van der Waals surface area contributed by atoms with Crippen molar-refractivity contribution in [3.05, 3.63) is 54.4 Å². The van der Waals surface area contributed by atoms with E-state index in [0.717, 1.165) is 4.47 Å². The first-order valence-corrected chi connectivity index (χ1v) is 8.16. The number of ketones is 2. The molecule has 0 spiro atoms. The van der Waals surface area contributed by atoms with Crippen molar-refractivity contribution in [2.24, 2.45) is 0 Å². The summed E-state index contributed by atoms with van der Waals surface area (Å²) in [4.78, 5) is 24.4. The van der Waals surface area contributed by atoms with Crippen molar-refractivity contribution in [2.45, 2.75) is 12.0 Å². The summed E-state index contributed by atoms with van der Waals surface area (Å²) in [6, 6.07) is 6.42. The minimum atomic E-state index is -2.32. The average molecular weight is 445 g/mol. The minimum absolute atomic E-state index is 0.251. The van der Waals surface area contributed by atoms with E-state index in [-0.39, 0.29) is 10.1 Å². The van der Waals surface area contributed by atoms with Crippen molar-refractivity contribution < 1.29 is 14.7 Å². The Labute approximate surface area is 154 Å². The van der Waals surface area contributed by atoms with E-state index in [1.54, 1.807) is 24.3 Å². The smallest absolute Gasteiger partial charge is 0.213 e. The van der Waals surface area contributed by atoms with Crippen LogP contribution in [-0.2, 0) is 4.79 Å². The standard InChI is InChI=1S/C14H7BrCl4O3/c15-7-3-1-6(2-4-7)8(20)5-14(22)12(19)10(17)9(16)11(18)13(14)21/h1-4,22H,5H2. The zero-order valence-corrected chi connectivity index (χ0v) is 15.3. The van der Waals surface area contributed by atoms with Gasteiger partial charge in [0.05, 0.1) is 21.5 Å². The van der Waals surface area contributed by atoms with Crippen molar-refractivity contribution in [2.75, 3.05) is 0 Å². The molecule has 1 aromatic carbocycles. The van der Waals surface area contributed by atoms with Crippen molar-refractivity contribution in [1.29, 1.82) is 0 Å². The molecule has 3 nitrogen and oxygen atoms in total. The van der Waals surface area contributed by atoms with Gasteiger partial charge in [0.2, 0.25) is 5.78 Å². The highest BCUT2D eigenvalue weighted by Crippen LogP contribution is 2.44. The van der Waals surface area contributed by atoms with Crippen LogP contribution in [0.5, 0.6) is 0 Å². The summed E-state index contributed by atoms with van der Waals surface area (Å²) in [7, 11) is 0. The van der Waals surface area contributed by atoms with Gasteiger partial charge in [-0.3, -0.25) is 9.59 Å². The van der Waals surface area contributed by atoms with Crippen LogP contribution >= 0.6 is 62.3 Å². The SMILES string of the molecule is O=C(CC1(O)C(=O)C(Cl)=C(Cl)C(Cl)=C1Cl)c1ccc(Br)cc1. The fraction of sp³-hybridized carbons (Fsp3) is 0.143. The second kappa shape index (κ2) is 6.63. The molecular weight excluding hydrogens is 438 g/mol. The van der Waals surface area contributed by atoms with Crippen molar-refractivity contribution in [3.8, 4) is 0 Å². The third-order valence-corrected chi connectivity index (χ3v) is 5.54. The molecule has 1 N–H and O–H groups in total. The summed E-state index contributed by atoms with van der Waals surface area (Å²) >= 11 is 26.5. The maximum atomic E-state index is 12.3. The molecule has 1 unspecified atom stereocenters. The number of aliphatic hydroxyl groups is 1. The van der Waals surface area contributed by atoms with Crippen molar-refractivity contribution in [3.63, 3.8) is 0 Å². The number of hydrogen-bond acceptors (Lipinski definition) is 3. The molecule has 0 aromatic heterocycles. The van der Waals surface area contributed by atoms with Crippen molar-refractivity contribution in [1.82, 2.24) is 0 Å². The lowest BCUT2D eigenvalue weighted by atomic mass is 9.86. The van der Waals surface area contributed by atoms with E-state index in [2.05, 4.69) is 15.9 Å². The predicted octanol–water partition coefficient (Wildman–Crippen LogP) is 4.71. The number of halogens is 5. The molecule has 1 aliphatic rings. The fourth-order valence-electron chi connectivity index (χ4n) is 1.88. The monoisotopic (exact) mass is 442 g/mol. The summed E-state index contributed by atoms with van der Waals surface area (Å²) in [5.41, 5.74) is -2.01. The largest absolute Gasteiger partial charge is 0.375 e. The van der Waals surface area contributed by atoms with Gasteiger partial charge in [-0.05, 0) is 12.1 Å². The zero-order chi connectivity index (χ0) is 16.7. The van der Waals surface area contributed by atoms with Gasteiger partial charge in [-0.1, -0.05) is 74.5 Å². The molecule has 22 heavy (non-hydrogen) atoms. The van der Waals surface area contributed by atoms with Crippen LogP contribution in [0.3, 0.4) is 0 Å². The molecule has 0 saturated carbocycles. The number of allylic oxidation sites excluding steroid dienone is 2. The molecule has 0 saturated heterocycles. The molecule has 2 rings (SSSR count). The average Bonchev–Trinajstić information content (AvgIpc) is 2.50. The fourth-order valence-corrected chi connectivity index (χ4v) is 3.17. The first-order valence-electron chi connectivity index (χ1n) is 5.86. The number of Topliss-reactive ketones (excluding diaryl/α,β-unsaturated/α-hetero) is 2. The third-order valence-electron chi connectivity index (χ3n) is 3.10. The van der Waals surface area contributed by atoms with Gasteiger partial charge in [0.25, 0.3) is 0 Å². The first kappa shape index (κ1) is 18.0. The number of benzene rings is 1. The molecule has 1 aromatic rings. The lowest BCUT2D eigenvalue weighted by molar-refractivity contribution is -0.128. The van der Waals surface area contributed by atoms with Gasteiger partial charge >= 0.3 is 0 Å². The van der Waals surface area contributed by atoms with Gasteiger partial charge in [-0.15, -0.1) is 0 Å². The summed E-state index contributed by atoms with van der Waals surface area (Å²) in [6.45, 7) is 0. The van der Waals surface area contributed by atoms with Crippen LogP contribution < -0.4 is 0 Å². The Kier molecular flexibility index (Phi) is 5.42. The van der Waals surface area contributed by atoms with Gasteiger partial charge in [-0.2, -0.15) is 0 Å². The third kappa shape index (κ3) is 3.14. The normalized spacial score (nSPS) is 22.4. The molecule has 0 amide bonds. The Balaban J connectivity index is 2.37. The lowest BCUT2D eigenvalue weighted by Crippen LogP contribution is -2.44. The number of rotatable bonds is 3. The van der Waals surface area contributed by atoms with Gasteiger partial charge in [0, 0.05) is 10.0 Å². The summed E-state index contributed by atoms with van der Waals surface area (Å²) in [5.74, 6) is -1.45. The topological polar surface area (TPSA) is 54.4 Å². The van der Waals surface area contributed by atoms with E-state index in [9.17, 15) is 14.7 Å². The summed E-state index contributed by atoms with van der Waals surface area (Å²) < 4.78 is 0.787. The Morgan fingerprint density at radius 3 is 2.14 bits per heavy atom. The van der Waals surface area contributed by atoms with Crippen LogP contribution in [-0.4, -0.2) is 22.3 Å². The highest BCUT2D eigenvalue weighted by molar-refractivity contribution is 9.10. The second-order valence-corrected chi connectivity index (χ2v) is 6.98. The highest BCUT2D eigenvalue weighted by atomic mass is 79.9. The Morgan fingerprint density at radius 2 is 1.59 bits per heavy atom. The summed E-state index contributed by atoms with van der Waals surface area (Å²) in [5, 5.41) is 9.15. The van der Waals surface area contributed by atoms with Crippen LogP contribution in [0.15, 0.2) is 48.9 Å². The molecule has 0 radical (unpaired) electrons. The van der Waals surface area contributed by atoms with E-state index < -0.39 is 33.7 Å². The number of carbonyl (C=O) groups excluding carboxylic acids is 2. The molecule has 1 atom stereocenters. The molecule has 1 aliphatic carbocycles. The predicted molar refractivity (Wildman–Crippen MR) is 90.5 cm³/mol. The van der Waals surface area contributed by atoms with Crippen LogP contribution in [0.4, 0.5) is 0 Å². The lowest BCUT2D eigenvalue weighted by Gasteiger charge is -2.29. The maximum Gasteiger partial charge on any atom is 0.213 e. The molecule has 0 fully saturated rings. The van der Waals surface area contributed by atoms with Crippen LogP contribution in [0.2, 0.25) is 0 Å². The van der Waals surface area contributed by atoms with E-state index in [1.165, 1.54) is 0 Å². The van der Waals surface area contributed by atoms with Crippen LogP contribution in [0, 0.1) is 0 Å². The molecular formula is C14H7BrCl4O3. The van der Waals surface area contributed by atoms with Gasteiger partial charge in [0.15, 0.2) is 11.4 Å². The summed E-state index contributed by atoms with van der Waals surface area (Å²) in [6.07, 6.45) is -0.594. The van der Waals surface area contributed by atoms with E-state index in [1.807, 2.05) is 0 Å². The highest BCUT2D eigenvalue weighted by Gasteiger charge is 2.48. The second-order valence-electron chi connectivity index (χ2n) is 4.55. The maximum absolute atomic E-state index is 12.3. The molecule has 0 bridgehead atoms. The first-order chi connectivity index (χ1) is 10.2. The minimum Gasteiger partial charge on any atom is -0.375 e. The van der Waals surface area contributed by atoms with Crippen LogP contribution in [0.1, 0.15) is 16.8 Å². The Bertz CT molecular complexity index is 724. The van der Waals surface area contributed by atoms with E-state index >= 15 is 0 Å². The number of carbonyl (C=O) groups is 2. The van der Waals surface area contributed by atoms with E-state index in [4.69, 9.17) is 46.4 Å². The van der Waals surface area contributed by atoms with Gasteiger partial charge in [0.1, 0.15) is 5.03 Å². The van der Waals surface area contributed by atoms with Gasteiger partial charge in [-0.25, -0.2) is 0 Å².